The van der Waals surface area contributed by atoms with Crippen LogP contribution in [0.4, 0.5) is 0 Å². The summed E-state index contributed by atoms with van der Waals surface area (Å²) in [6, 6.07) is 14.4. The molecule has 104 valence electrons. The molecular weight excluding hydrogens is 272 g/mol. The molecule has 0 aliphatic rings. The molecule has 2 aromatic carbocycles. The van der Waals surface area contributed by atoms with E-state index < -0.39 is 16.8 Å². The minimum absolute atomic E-state index is 0.403. The molecule has 0 aliphatic carbocycles. The Hall–Kier alpha value is -1.94. The van der Waals surface area contributed by atoms with Crippen LogP contribution >= 0.6 is 0 Å². The molecule has 0 radical (unpaired) electrons. The average Bonchev–Trinajstić information content (AvgIpc) is 2.38. The highest BCUT2D eigenvalue weighted by molar-refractivity contribution is 7.83. The Kier molecular flexibility index (Phi) is 4.69. The summed E-state index contributed by atoms with van der Waals surface area (Å²) < 4.78 is 16.5. The molecule has 4 heteroatoms. The van der Waals surface area contributed by atoms with Crippen LogP contribution in [-0.4, -0.2) is 16.4 Å². The van der Waals surface area contributed by atoms with E-state index in [4.69, 9.17) is 4.74 Å². The maximum absolute atomic E-state index is 12.1. The number of hydrogen-bond acceptors (Lipinski definition) is 3. The largest absolute Gasteiger partial charge is 0.423 e. The maximum atomic E-state index is 12.1. The number of carbonyl (C=O) groups is 1. The zero-order valence-corrected chi connectivity index (χ0v) is 12.3. The normalized spacial score (nSPS) is 11.9. The lowest BCUT2D eigenvalue weighted by molar-refractivity contribution is 0.0734. The monoisotopic (exact) mass is 288 g/mol. The van der Waals surface area contributed by atoms with Crippen molar-refractivity contribution in [2.24, 2.45) is 0 Å². The van der Waals surface area contributed by atoms with Gasteiger partial charge in [0, 0.05) is 22.8 Å². The van der Waals surface area contributed by atoms with Crippen molar-refractivity contribution in [2.75, 3.05) is 6.26 Å². The molecule has 0 amide bonds. The number of ether oxygens (including phenoxy) is 1. The molecule has 0 aromatic heterocycles. The number of aryl methyl sites for hydroxylation is 1. The fourth-order valence-electron chi connectivity index (χ4n) is 1.87. The van der Waals surface area contributed by atoms with Gasteiger partial charge in [0.1, 0.15) is 5.75 Å². The van der Waals surface area contributed by atoms with Gasteiger partial charge in [-0.1, -0.05) is 24.3 Å². The van der Waals surface area contributed by atoms with Gasteiger partial charge < -0.3 is 4.74 Å². The molecular formula is C16H16O3S. The molecule has 0 spiro atoms. The van der Waals surface area contributed by atoms with Crippen molar-refractivity contribution in [3.63, 3.8) is 0 Å². The second-order valence-electron chi connectivity index (χ2n) is 4.62. The second-order valence-corrected chi connectivity index (χ2v) is 6.06. The average molecular weight is 288 g/mol. The minimum Gasteiger partial charge on any atom is -0.423 e. The van der Waals surface area contributed by atoms with Crippen LogP contribution in [0.3, 0.4) is 0 Å². The Morgan fingerprint density at radius 1 is 1.15 bits per heavy atom. The third-order valence-corrected chi connectivity index (χ3v) is 3.47. The first kappa shape index (κ1) is 14.5. The molecule has 20 heavy (non-hydrogen) atoms. The van der Waals surface area contributed by atoms with Gasteiger partial charge in [0.25, 0.3) is 0 Å². The quantitative estimate of drug-likeness (QED) is 0.641. The van der Waals surface area contributed by atoms with Crippen molar-refractivity contribution in [1.29, 1.82) is 0 Å². The van der Waals surface area contributed by atoms with Gasteiger partial charge in [0.2, 0.25) is 0 Å². The Balaban J connectivity index is 2.15. The van der Waals surface area contributed by atoms with E-state index in [1.165, 1.54) is 0 Å². The molecule has 0 saturated heterocycles. The number of hydrogen-bond donors (Lipinski definition) is 0. The van der Waals surface area contributed by atoms with Crippen LogP contribution in [0, 0.1) is 6.92 Å². The van der Waals surface area contributed by atoms with Crippen LogP contribution in [0.15, 0.2) is 48.5 Å². The summed E-state index contributed by atoms with van der Waals surface area (Å²) in [7, 11) is -0.931. The summed E-state index contributed by atoms with van der Waals surface area (Å²) >= 11 is 0. The summed E-state index contributed by atoms with van der Waals surface area (Å²) in [6.07, 6.45) is 1.64. The molecule has 0 N–H and O–H groups in total. The van der Waals surface area contributed by atoms with Crippen molar-refractivity contribution in [2.45, 2.75) is 12.7 Å². The van der Waals surface area contributed by atoms with E-state index in [9.17, 15) is 9.00 Å². The van der Waals surface area contributed by atoms with Gasteiger partial charge in [0.15, 0.2) is 0 Å². The first-order valence-corrected chi connectivity index (χ1v) is 7.95. The number of esters is 1. The highest BCUT2D eigenvalue weighted by atomic mass is 32.2. The van der Waals surface area contributed by atoms with Crippen LogP contribution in [0.1, 0.15) is 21.5 Å². The molecule has 0 fully saturated rings. The number of rotatable bonds is 4. The van der Waals surface area contributed by atoms with Crippen molar-refractivity contribution in [3.8, 4) is 5.75 Å². The minimum atomic E-state index is -0.931. The molecule has 1 atom stereocenters. The van der Waals surface area contributed by atoms with Crippen molar-refractivity contribution in [1.82, 2.24) is 0 Å². The Morgan fingerprint density at radius 3 is 2.60 bits per heavy atom. The Morgan fingerprint density at radius 2 is 1.90 bits per heavy atom. The third-order valence-electron chi connectivity index (χ3n) is 2.73. The number of carbonyl (C=O) groups excluding carboxylic acids is 1. The summed E-state index contributed by atoms with van der Waals surface area (Å²) in [4.78, 5) is 12.1. The molecule has 3 nitrogen and oxygen atoms in total. The van der Waals surface area contributed by atoms with Gasteiger partial charge in [0.05, 0.1) is 5.56 Å². The molecule has 2 aromatic rings. The van der Waals surface area contributed by atoms with Crippen LogP contribution in [0.5, 0.6) is 5.75 Å². The van der Waals surface area contributed by atoms with Crippen molar-refractivity contribution < 1.29 is 13.7 Å². The molecule has 0 bridgehead atoms. The van der Waals surface area contributed by atoms with Gasteiger partial charge in [-0.2, -0.15) is 0 Å². The Labute approximate surface area is 121 Å². The van der Waals surface area contributed by atoms with Gasteiger partial charge in [-0.3, -0.25) is 4.21 Å². The predicted molar refractivity (Wildman–Crippen MR) is 80.3 cm³/mol. The fourth-order valence-corrected chi connectivity index (χ4v) is 2.52. The fraction of sp³-hybridized carbons (Fsp3) is 0.188. The maximum Gasteiger partial charge on any atom is 0.343 e. The smallest absolute Gasteiger partial charge is 0.343 e. The lowest BCUT2D eigenvalue weighted by atomic mass is 10.1. The summed E-state index contributed by atoms with van der Waals surface area (Å²) in [6.45, 7) is 1.94. The van der Waals surface area contributed by atoms with Crippen LogP contribution < -0.4 is 4.74 Å². The van der Waals surface area contributed by atoms with E-state index in [1.807, 2.05) is 31.2 Å². The van der Waals surface area contributed by atoms with E-state index in [0.29, 0.717) is 17.1 Å². The van der Waals surface area contributed by atoms with Crippen molar-refractivity contribution in [3.05, 3.63) is 65.2 Å². The highest BCUT2D eigenvalue weighted by Crippen LogP contribution is 2.15. The van der Waals surface area contributed by atoms with Crippen LogP contribution in [-0.2, 0) is 16.6 Å². The van der Waals surface area contributed by atoms with E-state index in [0.717, 1.165) is 11.1 Å². The lowest BCUT2D eigenvalue weighted by Crippen LogP contribution is -2.09. The molecule has 0 saturated carbocycles. The highest BCUT2D eigenvalue weighted by Gasteiger charge is 2.09. The first-order chi connectivity index (χ1) is 9.54. The SMILES string of the molecule is Cc1cccc(OC(=O)c2cccc(CS(C)=O)c2)c1. The summed E-state index contributed by atoms with van der Waals surface area (Å²) in [5, 5.41) is 0. The van der Waals surface area contributed by atoms with Crippen LogP contribution in [0.25, 0.3) is 0 Å². The van der Waals surface area contributed by atoms with E-state index >= 15 is 0 Å². The van der Waals surface area contributed by atoms with E-state index in [-0.39, 0.29) is 0 Å². The zero-order valence-electron chi connectivity index (χ0n) is 11.5. The topological polar surface area (TPSA) is 43.4 Å². The van der Waals surface area contributed by atoms with Gasteiger partial charge in [-0.05, 0) is 42.3 Å². The molecule has 0 aliphatic heterocycles. The predicted octanol–water partition coefficient (Wildman–Crippen LogP) is 3.09. The zero-order chi connectivity index (χ0) is 14.5. The molecule has 2 rings (SSSR count). The van der Waals surface area contributed by atoms with Crippen molar-refractivity contribution >= 4 is 16.8 Å². The molecule has 0 heterocycles. The molecule has 1 unspecified atom stereocenters. The van der Waals surface area contributed by atoms with Gasteiger partial charge in [-0.15, -0.1) is 0 Å². The second kappa shape index (κ2) is 6.48. The van der Waals surface area contributed by atoms with Gasteiger partial charge in [-0.25, -0.2) is 4.79 Å². The lowest BCUT2D eigenvalue weighted by Gasteiger charge is -2.06. The summed E-state index contributed by atoms with van der Waals surface area (Å²) in [5.74, 6) is 0.560. The third kappa shape index (κ3) is 4.03. The van der Waals surface area contributed by atoms with E-state index in [2.05, 4.69) is 0 Å². The van der Waals surface area contributed by atoms with E-state index in [1.54, 1.807) is 30.5 Å². The first-order valence-electron chi connectivity index (χ1n) is 6.22. The standard InChI is InChI=1S/C16H16O3S/c1-12-5-3-8-15(9-12)19-16(17)14-7-4-6-13(10-14)11-20(2)18/h3-10H,11H2,1-2H3. The van der Waals surface area contributed by atoms with Crippen LogP contribution in [0.2, 0.25) is 0 Å². The summed E-state index contributed by atoms with van der Waals surface area (Å²) in [5.41, 5.74) is 2.37. The Bertz CT molecular complexity index is 650. The van der Waals surface area contributed by atoms with Gasteiger partial charge >= 0.3 is 5.97 Å². The number of benzene rings is 2.